The van der Waals surface area contributed by atoms with Crippen LogP contribution in [0.4, 0.5) is 0 Å². The van der Waals surface area contributed by atoms with Crippen LogP contribution in [0, 0.1) is 0 Å². The molecule has 0 bridgehead atoms. The second kappa shape index (κ2) is 6.70. The molecule has 6 nitrogen and oxygen atoms in total. The van der Waals surface area contributed by atoms with Crippen molar-refractivity contribution in [1.29, 1.82) is 0 Å². The van der Waals surface area contributed by atoms with Crippen molar-refractivity contribution in [2.75, 3.05) is 6.54 Å². The number of carbonyl (C=O) groups excluding carboxylic acids is 1. The molecule has 0 aliphatic heterocycles. The first kappa shape index (κ1) is 14.0. The van der Waals surface area contributed by atoms with E-state index in [1.165, 1.54) is 0 Å². The molecule has 0 radical (unpaired) electrons. The SMILES string of the molecule is O=C(O)CCCC(=O)NCCc1cnc2ccccn12. The van der Waals surface area contributed by atoms with Crippen LogP contribution in [0.2, 0.25) is 0 Å². The van der Waals surface area contributed by atoms with E-state index in [-0.39, 0.29) is 18.7 Å². The normalized spacial score (nSPS) is 10.6. The van der Waals surface area contributed by atoms with Gasteiger partial charge in [-0.1, -0.05) is 6.07 Å². The van der Waals surface area contributed by atoms with Gasteiger partial charge in [-0.15, -0.1) is 0 Å². The monoisotopic (exact) mass is 275 g/mol. The number of amides is 1. The van der Waals surface area contributed by atoms with Gasteiger partial charge in [0.15, 0.2) is 0 Å². The van der Waals surface area contributed by atoms with Gasteiger partial charge in [-0.2, -0.15) is 0 Å². The van der Waals surface area contributed by atoms with E-state index in [9.17, 15) is 9.59 Å². The van der Waals surface area contributed by atoms with Crippen LogP contribution in [0.15, 0.2) is 30.6 Å². The second-order valence-electron chi connectivity index (χ2n) is 4.53. The van der Waals surface area contributed by atoms with Gasteiger partial charge in [0.25, 0.3) is 0 Å². The van der Waals surface area contributed by atoms with E-state index in [0.717, 1.165) is 11.3 Å². The molecule has 0 aliphatic carbocycles. The zero-order chi connectivity index (χ0) is 14.4. The standard InChI is InChI=1S/C14H17N3O3/c18-13(5-3-6-14(19)20)15-8-7-11-10-16-12-4-1-2-9-17(11)12/h1-2,4,9-10H,3,5-8H2,(H,15,18)(H,19,20). The molecule has 0 aliphatic rings. The third-order valence-corrected chi connectivity index (χ3v) is 2.99. The highest BCUT2D eigenvalue weighted by atomic mass is 16.4. The molecule has 0 saturated carbocycles. The number of carboxylic acid groups (broad SMARTS) is 1. The van der Waals surface area contributed by atoms with Crippen molar-refractivity contribution in [3.63, 3.8) is 0 Å². The Balaban J connectivity index is 1.75. The molecule has 106 valence electrons. The van der Waals surface area contributed by atoms with Gasteiger partial charge in [-0.25, -0.2) is 4.98 Å². The fourth-order valence-electron chi connectivity index (χ4n) is 1.99. The summed E-state index contributed by atoms with van der Waals surface area (Å²) in [5.74, 6) is -0.983. The van der Waals surface area contributed by atoms with Crippen molar-refractivity contribution in [1.82, 2.24) is 14.7 Å². The zero-order valence-electron chi connectivity index (χ0n) is 11.1. The molecule has 0 aromatic carbocycles. The van der Waals surface area contributed by atoms with E-state index in [2.05, 4.69) is 10.3 Å². The van der Waals surface area contributed by atoms with Crippen molar-refractivity contribution in [2.24, 2.45) is 0 Å². The maximum atomic E-state index is 11.5. The minimum Gasteiger partial charge on any atom is -0.481 e. The second-order valence-corrected chi connectivity index (χ2v) is 4.53. The van der Waals surface area contributed by atoms with Gasteiger partial charge in [-0.3, -0.25) is 9.59 Å². The average Bonchev–Trinajstić information content (AvgIpc) is 2.82. The number of fused-ring (bicyclic) bond motifs is 1. The van der Waals surface area contributed by atoms with Gasteiger partial charge >= 0.3 is 5.97 Å². The van der Waals surface area contributed by atoms with Crippen LogP contribution in [-0.2, 0) is 16.0 Å². The predicted octanol–water partition coefficient (Wildman–Crippen LogP) is 1.25. The van der Waals surface area contributed by atoms with Crippen LogP contribution in [0.25, 0.3) is 5.65 Å². The van der Waals surface area contributed by atoms with Gasteiger partial charge in [0.1, 0.15) is 5.65 Å². The highest BCUT2D eigenvalue weighted by Gasteiger charge is 2.05. The molecular weight excluding hydrogens is 258 g/mol. The number of carbonyl (C=O) groups is 2. The van der Waals surface area contributed by atoms with Crippen molar-refractivity contribution in [2.45, 2.75) is 25.7 Å². The van der Waals surface area contributed by atoms with Gasteiger partial charge in [0, 0.05) is 43.9 Å². The summed E-state index contributed by atoms with van der Waals surface area (Å²) < 4.78 is 1.98. The number of carboxylic acids is 1. The molecule has 6 heteroatoms. The summed E-state index contributed by atoms with van der Waals surface area (Å²) in [5.41, 5.74) is 1.92. The topological polar surface area (TPSA) is 83.7 Å². The summed E-state index contributed by atoms with van der Waals surface area (Å²) in [6, 6.07) is 5.78. The van der Waals surface area contributed by atoms with Crippen LogP contribution in [0.5, 0.6) is 0 Å². The number of nitrogens with zero attached hydrogens (tertiary/aromatic N) is 2. The summed E-state index contributed by atoms with van der Waals surface area (Å²) >= 11 is 0. The smallest absolute Gasteiger partial charge is 0.303 e. The van der Waals surface area contributed by atoms with E-state index in [4.69, 9.17) is 5.11 Å². The largest absolute Gasteiger partial charge is 0.481 e. The summed E-state index contributed by atoms with van der Waals surface area (Å²) in [6.45, 7) is 0.522. The minimum atomic E-state index is -0.872. The summed E-state index contributed by atoms with van der Waals surface area (Å²) in [5, 5.41) is 11.3. The van der Waals surface area contributed by atoms with Crippen molar-refractivity contribution >= 4 is 17.5 Å². The Bertz CT molecular complexity index is 606. The number of rotatable bonds is 7. The van der Waals surface area contributed by atoms with Gasteiger partial charge in [0.2, 0.25) is 5.91 Å². The fourth-order valence-corrected chi connectivity index (χ4v) is 1.99. The summed E-state index contributed by atoms with van der Waals surface area (Å²) in [4.78, 5) is 26.1. The lowest BCUT2D eigenvalue weighted by Gasteiger charge is -2.04. The molecule has 2 N–H and O–H groups in total. The molecule has 20 heavy (non-hydrogen) atoms. The molecule has 0 saturated heterocycles. The number of aliphatic carboxylic acids is 1. The number of aromatic nitrogens is 2. The minimum absolute atomic E-state index is 0.0285. The van der Waals surface area contributed by atoms with Gasteiger partial charge in [-0.05, 0) is 18.6 Å². The molecule has 2 rings (SSSR count). The molecule has 0 fully saturated rings. The van der Waals surface area contributed by atoms with Crippen molar-refractivity contribution in [3.8, 4) is 0 Å². The Labute approximate surface area is 116 Å². The zero-order valence-corrected chi connectivity index (χ0v) is 11.1. The third kappa shape index (κ3) is 3.81. The highest BCUT2D eigenvalue weighted by Crippen LogP contribution is 2.06. The number of nitrogens with one attached hydrogen (secondary N) is 1. The van der Waals surface area contributed by atoms with Crippen molar-refractivity contribution in [3.05, 3.63) is 36.3 Å². The average molecular weight is 275 g/mol. The van der Waals surface area contributed by atoms with Crippen LogP contribution >= 0.6 is 0 Å². The Morgan fingerprint density at radius 1 is 1.30 bits per heavy atom. The third-order valence-electron chi connectivity index (χ3n) is 2.99. The number of imidazole rings is 1. The molecule has 2 heterocycles. The Kier molecular flexibility index (Phi) is 4.70. The maximum Gasteiger partial charge on any atom is 0.303 e. The first-order valence-corrected chi connectivity index (χ1v) is 6.56. The molecular formula is C14H17N3O3. The molecule has 1 amide bonds. The summed E-state index contributed by atoms with van der Waals surface area (Å²) in [7, 11) is 0. The maximum absolute atomic E-state index is 11.5. The number of pyridine rings is 1. The molecule has 0 atom stereocenters. The van der Waals surface area contributed by atoms with Crippen LogP contribution < -0.4 is 5.32 Å². The van der Waals surface area contributed by atoms with Crippen LogP contribution in [0.1, 0.15) is 25.0 Å². The lowest BCUT2D eigenvalue weighted by atomic mass is 10.2. The molecule has 2 aromatic heterocycles. The number of hydrogen-bond acceptors (Lipinski definition) is 3. The van der Waals surface area contributed by atoms with Crippen LogP contribution in [0.3, 0.4) is 0 Å². The molecule has 0 spiro atoms. The van der Waals surface area contributed by atoms with Crippen LogP contribution in [-0.4, -0.2) is 32.9 Å². The van der Waals surface area contributed by atoms with Gasteiger partial charge < -0.3 is 14.8 Å². The lowest BCUT2D eigenvalue weighted by Crippen LogP contribution is -2.25. The predicted molar refractivity (Wildman–Crippen MR) is 73.4 cm³/mol. The van der Waals surface area contributed by atoms with E-state index >= 15 is 0 Å². The van der Waals surface area contributed by atoms with Gasteiger partial charge in [0.05, 0.1) is 0 Å². The first-order valence-electron chi connectivity index (χ1n) is 6.56. The molecule has 0 unspecified atom stereocenters. The Hall–Kier alpha value is -2.37. The lowest BCUT2D eigenvalue weighted by molar-refractivity contribution is -0.137. The Morgan fingerprint density at radius 3 is 2.95 bits per heavy atom. The first-order chi connectivity index (χ1) is 9.66. The fraction of sp³-hybridized carbons (Fsp3) is 0.357. The van der Waals surface area contributed by atoms with E-state index in [1.54, 1.807) is 6.20 Å². The van der Waals surface area contributed by atoms with Crippen molar-refractivity contribution < 1.29 is 14.7 Å². The summed E-state index contributed by atoms with van der Waals surface area (Å²) in [6.07, 6.45) is 5.07. The highest BCUT2D eigenvalue weighted by molar-refractivity contribution is 5.76. The molecule has 2 aromatic rings. The van der Waals surface area contributed by atoms with E-state index in [1.807, 2.05) is 28.8 Å². The van der Waals surface area contributed by atoms with E-state index in [0.29, 0.717) is 19.4 Å². The number of hydrogen-bond donors (Lipinski definition) is 2. The quantitative estimate of drug-likeness (QED) is 0.796. The Morgan fingerprint density at radius 2 is 2.15 bits per heavy atom. The van der Waals surface area contributed by atoms with E-state index < -0.39 is 5.97 Å².